The molecule has 0 aromatic heterocycles. The van der Waals surface area contributed by atoms with Gasteiger partial charge in [-0.05, 0) is 57.1 Å². The van der Waals surface area contributed by atoms with Crippen molar-refractivity contribution in [3.8, 4) is 0 Å². The SMILES string of the molecule is CN(CCCN1CCCC1)c1ccc(N)cc1C(=O)O. The maximum absolute atomic E-state index is 11.3. The predicted molar refractivity (Wildman–Crippen MR) is 81.4 cm³/mol. The van der Waals surface area contributed by atoms with Crippen LogP contribution in [0.2, 0.25) is 0 Å². The quantitative estimate of drug-likeness (QED) is 0.777. The monoisotopic (exact) mass is 277 g/mol. The molecule has 1 saturated heterocycles. The Morgan fingerprint density at radius 2 is 2.10 bits per heavy atom. The fourth-order valence-electron chi connectivity index (χ4n) is 2.72. The lowest BCUT2D eigenvalue weighted by Crippen LogP contribution is -2.27. The first-order valence-electron chi connectivity index (χ1n) is 7.14. The lowest BCUT2D eigenvalue weighted by Gasteiger charge is -2.23. The van der Waals surface area contributed by atoms with Gasteiger partial charge in [-0.1, -0.05) is 0 Å². The highest BCUT2D eigenvalue weighted by Crippen LogP contribution is 2.22. The van der Waals surface area contributed by atoms with E-state index >= 15 is 0 Å². The summed E-state index contributed by atoms with van der Waals surface area (Å²) >= 11 is 0. The van der Waals surface area contributed by atoms with E-state index in [1.54, 1.807) is 12.1 Å². The van der Waals surface area contributed by atoms with E-state index in [1.807, 2.05) is 11.9 Å². The average Bonchev–Trinajstić information content (AvgIpc) is 2.91. The third-order valence-electron chi connectivity index (χ3n) is 3.83. The van der Waals surface area contributed by atoms with Gasteiger partial charge < -0.3 is 20.6 Å². The summed E-state index contributed by atoms with van der Waals surface area (Å²) in [4.78, 5) is 15.7. The zero-order chi connectivity index (χ0) is 14.5. The first kappa shape index (κ1) is 14.7. The van der Waals surface area contributed by atoms with Crippen LogP contribution in [-0.2, 0) is 0 Å². The summed E-state index contributed by atoms with van der Waals surface area (Å²) in [5, 5.41) is 9.25. The maximum atomic E-state index is 11.3. The van der Waals surface area contributed by atoms with Crippen LogP contribution in [0.4, 0.5) is 11.4 Å². The van der Waals surface area contributed by atoms with E-state index in [0.717, 1.165) is 25.2 Å². The first-order valence-corrected chi connectivity index (χ1v) is 7.14. The van der Waals surface area contributed by atoms with Crippen molar-refractivity contribution < 1.29 is 9.90 Å². The number of carboxylic acids is 1. The van der Waals surface area contributed by atoms with E-state index in [4.69, 9.17) is 5.73 Å². The Balaban J connectivity index is 1.94. The molecule has 1 aromatic rings. The third kappa shape index (κ3) is 3.63. The van der Waals surface area contributed by atoms with Crippen molar-refractivity contribution in [1.82, 2.24) is 4.90 Å². The van der Waals surface area contributed by atoms with Crippen molar-refractivity contribution in [2.24, 2.45) is 0 Å². The van der Waals surface area contributed by atoms with E-state index in [0.29, 0.717) is 5.69 Å². The van der Waals surface area contributed by atoms with Gasteiger partial charge in [0.1, 0.15) is 0 Å². The number of carboxylic acid groups (broad SMARTS) is 1. The van der Waals surface area contributed by atoms with Gasteiger partial charge in [0, 0.05) is 19.3 Å². The fraction of sp³-hybridized carbons (Fsp3) is 0.533. The van der Waals surface area contributed by atoms with Gasteiger partial charge in [-0.15, -0.1) is 0 Å². The van der Waals surface area contributed by atoms with Gasteiger partial charge in [-0.3, -0.25) is 0 Å². The molecule has 0 bridgehead atoms. The third-order valence-corrected chi connectivity index (χ3v) is 3.83. The molecule has 3 N–H and O–H groups in total. The summed E-state index contributed by atoms with van der Waals surface area (Å²) in [5.41, 5.74) is 7.14. The van der Waals surface area contributed by atoms with Gasteiger partial charge in [0.05, 0.1) is 11.3 Å². The molecule has 2 rings (SSSR count). The molecule has 0 atom stereocenters. The van der Waals surface area contributed by atoms with E-state index in [2.05, 4.69) is 4.90 Å². The number of anilines is 2. The second-order valence-corrected chi connectivity index (χ2v) is 5.41. The lowest BCUT2D eigenvalue weighted by molar-refractivity contribution is 0.0697. The Labute approximate surface area is 120 Å². The standard InChI is InChI=1S/C15H23N3O2/c1-17(7-4-10-18-8-2-3-9-18)14-6-5-12(16)11-13(14)15(19)20/h5-6,11H,2-4,7-10,16H2,1H3,(H,19,20). The second kappa shape index (κ2) is 6.61. The van der Waals surface area contributed by atoms with Crippen LogP contribution in [0, 0.1) is 0 Å². The number of carbonyl (C=O) groups is 1. The van der Waals surface area contributed by atoms with E-state index < -0.39 is 5.97 Å². The molecule has 5 nitrogen and oxygen atoms in total. The van der Waals surface area contributed by atoms with Crippen LogP contribution in [0.1, 0.15) is 29.6 Å². The number of hydrogen-bond acceptors (Lipinski definition) is 4. The zero-order valence-electron chi connectivity index (χ0n) is 12.0. The van der Waals surface area contributed by atoms with Gasteiger partial charge in [-0.2, -0.15) is 0 Å². The Bertz CT molecular complexity index is 470. The van der Waals surface area contributed by atoms with Gasteiger partial charge >= 0.3 is 5.97 Å². The minimum atomic E-state index is -0.932. The highest BCUT2D eigenvalue weighted by atomic mass is 16.4. The number of likely N-dealkylation sites (tertiary alicyclic amines) is 1. The molecule has 0 saturated carbocycles. The van der Waals surface area contributed by atoms with Crippen molar-refractivity contribution in [2.75, 3.05) is 43.9 Å². The summed E-state index contributed by atoms with van der Waals surface area (Å²) < 4.78 is 0. The van der Waals surface area contributed by atoms with E-state index in [1.165, 1.54) is 32.0 Å². The summed E-state index contributed by atoms with van der Waals surface area (Å²) in [5.74, 6) is -0.932. The lowest BCUT2D eigenvalue weighted by atomic mass is 10.1. The number of rotatable bonds is 6. The molecular formula is C15H23N3O2. The molecule has 1 heterocycles. The number of hydrogen-bond donors (Lipinski definition) is 2. The number of nitrogen functional groups attached to an aromatic ring is 1. The molecule has 110 valence electrons. The number of nitrogens with two attached hydrogens (primary N) is 1. The summed E-state index contributed by atoms with van der Waals surface area (Å²) in [6.07, 6.45) is 3.65. The van der Waals surface area contributed by atoms with Crippen molar-refractivity contribution in [3.63, 3.8) is 0 Å². The van der Waals surface area contributed by atoms with Crippen LogP contribution in [0.15, 0.2) is 18.2 Å². The van der Waals surface area contributed by atoms with Crippen molar-refractivity contribution in [2.45, 2.75) is 19.3 Å². The van der Waals surface area contributed by atoms with Gasteiger partial charge in [0.2, 0.25) is 0 Å². The summed E-state index contributed by atoms with van der Waals surface area (Å²) in [6, 6.07) is 5.06. The molecule has 0 aliphatic carbocycles. The Morgan fingerprint density at radius 3 is 2.75 bits per heavy atom. The zero-order valence-corrected chi connectivity index (χ0v) is 12.0. The Morgan fingerprint density at radius 1 is 1.40 bits per heavy atom. The van der Waals surface area contributed by atoms with Crippen LogP contribution < -0.4 is 10.6 Å². The highest BCUT2D eigenvalue weighted by molar-refractivity contribution is 5.95. The van der Waals surface area contributed by atoms with Gasteiger partial charge in [0.15, 0.2) is 0 Å². The Kier molecular flexibility index (Phi) is 4.84. The van der Waals surface area contributed by atoms with Crippen molar-refractivity contribution >= 4 is 17.3 Å². The predicted octanol–water partition coefficient (Wildman–Crippen LogP) is 1.89. The molecule has 0 spiro atoms. The van der Waals surface area contributed by atoms with Crippen LogP contribution in [0.5, 0.6) is 0 Å². The number of nitrogens with zero attached hydrogens (tertiary/aromatic N) is 2. The number of aromatic carboxylic acids is 1. The molecule has 5 heteroatoms. The maximum Gasteiger partial charge on any atom is 0.337 e. The minimum Gasteiger partial charge on any atom is -0.478 e. The van der Waals surface area contributed by atoms with Crippen molar-refractivity contribution in [3.05, 3.63) is 23.8 Å². The molecule has 0 amide bonds. The fourth-order valence-corrected chi connectivity index (χ4v) is 2.72. The molecule has 1 aromatic carbocycles. The summed E-state index contributed by atoms with van der Waals surface area (Å²) in [6.45, 7) is 4.33. The van der Waals surface area contributed by atoms with E-state index in [-0.39, 0.29) is 5.56 Å². The molecule has 20 heavy (non-hydrogen) atoms. The normalized spacial score (nSPS) is 15.4. The van der Waals surface area contributed by atoms with Crippen LogP contribution in [0.3, 0.4) is 0 Å². The van der Waals surface area contributed by atoms with Crippen LogP contribution >= 0.6 is 0 Å². The topological polar surface area (TPSA) is 69.8 Å². The van der Waals surface area contributed by atoms with Crippen molar-refractivity contribution in [1.29, 1.82) is 0 Å². The second-order valence-electron chi connectivity index (χ2n) is 5.41. The Hall–Kier alpha value is -1.75. The smallest absolute Gasteiger partial charge is 0.337 e. The van der Waals surface area contributed by atoms with Crippen LogP contribution in [-0.4, -0.2) is 49.2 Å². The molecule has 0 radical (unpaired) electrons. The van der Waals surface area contributed by atoms with Gasteiger partial charge in [0.25, 0.3) is 0 Å². The van der Waals surface area contributed by atoms with Crippen LogP contribution in [0.25, 0.3) is 0 Å². The highest BCUT2D eigenvalue weighted by Gasteiger charge is 2.15. The largest absolute Gasteiger partial charge is 0.478 e. The molecule has 1 aliphatic rings. The first-order chi connectivity index (χ1) is 9.58. The minimum absolute atomic E-state index is 0.272. The van der Waals surface area contributed by atoms with E-state index in [9.17, 15) is 9.90 Å². The molecule has 1 fully saturated rings. The molecule has 0 unspecified atom stereocenters. The van der Waals surface area contributed by atoms with Gasteiger partial charge in [-0.25, -0.2) is 4.79 Å². The molecular weight excluding hydrogens is 254 g/mol. The molecule has 1 aliphatic heterocycles. The number of benzene rings is 1. The summed E-state index contributed by atoms with van der Waals surface area (Å²) in [7, 11) is 1.93. The average molecular weight is 277 g/mol.